The molecular formula is C15H22N2O2S. The molecule has 0 aliphatic carbocycles. The minimum atomic E-state index is 0.220. The molecule has 110 valence electrons. The van der Waals surface area contributed by atoms with E-state index in [0.717, 1.165) is 30.8 Å². The molecule has 1 aliphatic heterocycles. The maximum atomic E-state index is 9.41. The highest BCUT2D eigenvalue weighted by atomic mass is 32.1. The molecule has 1 aromatic carbocycles. The lowest BCUT2D eigenvalue weighted by atomic mass is 10.0. The number of aliphatic hydroxyl groups excluding tert-OH is 1. The first-order valence-corrected chi connectivity index (χ1v) is 7.40. The quantitative estimate of drug-likeness (QED) is 0.777. The molecule has 0 spiro atoms. The average Bonchev–Trinajstić information content (AvgIpc) is 2.79. The first kappa shape index (κ1) is 15.2. The molecule has 1 heterocycles. The first-order valence-electron chi connectivity index (χ1n) is 6.99. The smallest absolute Gasteiger partial charge is 0.120 e. The molecule has 0 amide bonds. The van der Waals surface area contributed by atoms with Crippen molar-refractivity contribution in [3.63, 3.8) is 0 Å². The highest BCUT2D eigenvalue weighted by Gasteiger charge is 2.29. The van der Waals surface area contributed by atoms with Crippen LogP contribution in [0.15, 0.2) is 24.3 Å². The van der Waals surface area contributed by atoms with Crippen LogP contribution in [-0.2, 0) is 0 Å². The number of rotatable bonds is 6. The summed E-state index contributed by atoms with van der Waals surface area (Å²) in [5, 5.41) is 9.41. The molecule has 2 atom stereocenters. The van der Waals surface area contributed by atoms with Crippen molar-refractivity contribution >= 4 is 17.2 Å². The van der Waals surface area contributed by atoms with Crippen LogP contribution in [0.5, 0.6) is 5.75 Å². The lowest BCUT2D eigenvalue weighted by Gasteiger charge is -2.24. The Morgan fingerprint density at radius 3 is 3.05 bits per heavy atom. The zero-order valence-corrected chi connectivity index (χ0v) is 12.6. The van der Waals surface area contributed by atoms with Gasteiger partial charge in [0.15, 0.2) is 0 Å². The van der Waals surface area contributed by atoms with Crippen LogP contribution < -0.4 is 10.5 Å². The summed E-state index contributed by atoms with van der Waals surface area (Å²) in [5.74, 6) is 1.33. The second-order valence-corrected chi connectivity index (χ2v) is 5.73. The van der Waals surface area contributed by atoms with Gasteiger partial charge in [-0.2, -0.15) is 0 Å². The zero-order valence-electron chi connectivity index (χ0n) is 11.8. The normalized spacial score (nSPS) is 22.9. The van der Waals surface area contributed by atoms with E-state index in [4.69, 9.17) is 22.7 Å². The van der Waals surface area contributed by atoms with Crippen molar-refractivity contribution in [3.8, 4) is 5.75 Å². The van der Waals surface area contributed by atoms with Gasteiger partial charge in [0, 0.05) is 18.2 Å². The maximum Gasteiger partial charge on any atom is 0.120 e. The molecule has 0 radical (unpaired) electrons. The summed E-state index contributed by atoms with van der Waals surface area (Å²) in [7, 11) is 0. The molecule has 20 heavy (non-hydrogen) atoms. The Kier molecular flexibility index (Phi) is 5.34. The fourth-order valence-corrected chi connectivity index (χ4v) is 2.81. The Morgan fingerprint density at radius 2 is 2.35 bits per heavy atom. The van der Waals surface area contributed by atoms with Crippen molar-refractivity contribution in [1.29, 1.82) is 0 Å². The highest BCUT2D eigenvalue weighted by Crippen LogP contribution is 2.23. The van der Waals surface area contributed by atoms with Crippen LogP contribution >= 0.6 is 12.2 Å². The van der Waals surface area contributed by atoms with E-state index in [0.29, 0.717) is 17.5 Å². The fourth-order valence-electron chi connectivity index (χ4n) is 2.68. The lowest BCUT2D eigenvalue weighted by molar-refractivity contribution is 0.123. The Balaban J connectivity index is 1.84. The third kappa shape index (κ3) is 3.69. The van der Waals surface area contributed by atoms with E-state index in [1.54, 1.807) is 0 Å². The number of hydrogen-bond acceptors (Lipinski definition) is 4. The van der Waals surface area contributed by atoms with Crippen molar-refractivity contribution in [3.05, 3.63) is 29.8 Å². The van der Waals surface area contributed by atoms with Crippen LogP contribution in [0.25, 0.3) is 0 Å². The molecule has 1 saturated heterocycles. The van der Waals surface area contributed by atoms with Crippen LogP contribution in [0, 0.1) is 5.92 Å². The maximum absolute atomic E-state index is 9.41. The third-order valence-electron chi connectivity index (χ3n) is 3.95. The van der Waals surface area contributed by atoms with Crippen molar-refractivity contribution in [2.75, 3.05) is 26.3 Å². The Bertz CT molecular complexity index is 467. The predicted octanol–water partition coefficient (Wildman–Crippen LogP) is 1.40. The van der Waals surface area contributed by atoms with Crippen molar-refractivity contribution < 1.29 is 9.84 Å². The van der Waals surface area contributed by atoms with Crippen LogP contribution in [-0.4, -0.2) is 47.3 Å². The van der Waals surface area contributed by atoms with Gasteiger partial charge in [-0.05, 0) is 31.0 Å². The standard InChI is InChI=1S/C15H22N2O2S/c1-11-5-6-17(14(11)10-18)7-8-19-13-4-2-3-12(9-13)15(16)20/h2-4,9,11,14,18H,5-8,10H2,1H3,(H2,16,20). The molecule has 1 aliphatic rings. The predicted molar refractivity (Wildman–Crippen MR) is 84.1 cm³/mol. The summed E-state index contributed by atoms with van der Waals surface area (Å²) < 4.78 is 5.75. The molecule has 1 aromatic rings. The number of ether oxygens (including phenoxy) is 1. The summed E-state index contributed by atoms with van der Waals surface area (Å²) >= 11 is 4.95. The zero-order chi connectivity index (χ0) is 14.5. The Hall–Kier alpha value is -1.17. The highest BCUT2D eigenvalue weighted by molar-refractivity contribution is 7.80. The van der Waals surface area contributed by atoms with Crippen LogP contribution in [0.4, 0.5) is 0 Å². The molecule has 4 nitrogen and oxygen atoms in total. The van der Waals surface area contributed by atoms with Crippen LogP contribution in [0.1, 0.15) is 18.9 Å². The van der Waals surface area contributed by atoms with E-state index >= 15 is 0 Å². The van der Waals surface area contributed by atoms with Gasteiger partial charge in [-0.3, -0.25) is 4.90 Å². The number of nitrogens with two attached hydrogens (primary N) is 1. The second kappa shape index (κ2) is 7.02. The Morgan fingerprint density at radius 1 is 1.55 bits per heavy atom. The van der Waals surface area contributed by atoms with Gasteiger partial charge in [-0.25, -0.2) is 0 Å². The molecule has 1 fully saturated rings. The summed E-state index contributed by atoms with van der Waals surface area (Å²) in [6.45, 7) is 4.87. The van der Waals surface area contributed by atoms with Crippen molar-refractivity contribution in [1.82, 2.24) is 4.90 Å². The van der Waals surface area contributed by atoms with Crippen LogP contribution in [0.2, 0.25) is 0 Å². The molecule has 5 heteroatoms. The minimum absolute atomic E-state index is 0.220. The minimum Gasteiger partial charge on any atom is -0.492 e. The molecule has 0 bridgehead atoms. The molecule has 0 aromatic heterocycles. The summed E-state index contributed by atoms with van der Waals surface area (Å²) in [6.07, 6.45) is 1.14. The third-order valence-corrected chi connectivity index (χ3v) is 4.19. The molecular weight excluding hydrogens is 272 g/mol. The average molecular weight is 294 g/mol. The first-order chi connectivity index (χ1) is 9.61. The molecule has 3 N–H and O–H groups in total. The van der Waals surface area contributed by atoms with E-state index < -0.39 is 0 Å². The van der Waals surface area contributed by atoms with Gasteiger partial charge in [0.2, 0.25) is 0 Å². The number of thiocarbonyl (C=S) groups is 1. The van der Waals surface area contributed by atoms with E-state index in [1.807, 2.05) is 24.3 Å². The van der Waals surface area contributed by atoms with Gasteiger partial charge < -0.3 is 15.6 Å². The van der Waals surface area contributed by atoms with Gasteiger partial charge in [0.05, 0.1) is 6.61 Å². The topological polar surface area (TPSA) is 58.7 Å². The van der Waals surface area contributed by atoms with E-state index in [1.165, 1.54) is 0 Å². The van der Waals surface area contributed by atoms with E-state index in [9.17, 15) is 5.11 Å². The van der Waals surface area contributed by atoms with Gasteiger partial charge in [0.1, 0.15) is 17.3 Å². The lowest BCUT2D eigenvalue weighted by Crippen LogP contribution is -2.37. The van der Waals surface area contributed by atoms with Gasteiger partial charge in [0.25, 0.3) is 0 Å². The SMILES string of the molecule is CC1CCN(CCOc2cccc(C(N)=S)c2)C1CO. The van der Waals surface area contributed by atoms with Gasteiger partial charge in [-0.15, -0.1) is 0 Å². The number of hydrogen-bond donors (Lipinski definition) is 2. The van der Waals surface area contributed by atoms with Crippen molar-refractivity contribution in [2.24, 2.45) is 11.7 Å². The molecule has 0 saturated carbocycles. The number of aliphatic hydroxyl groups is 1. The largest absolute Gasteiger partial charge is 0.492 e. The molecule has 2 unspecified atom stereocenters. The molecule has 2 rings (SSSR count). The van der Waals surface area contributed by atoms with Gasteiger partial charge in [-0.1, -0.05) is 31.3 Å². The Labute approximate surface area is 125 Å². The number of benzene rings is 1. The number of nitrogens with zero attached hydrogens (tertiary/aromatic N) is 1. The second-order valence-electron chi connectivity index (χ2n) is 5.29. The van der Waals surface area contributed by atoms with E-state index in [2.05, 4.69) is 11.8 Å². The van der Waals surface area contributed by atoms with Crippen molar-refractivity contribution in [2.45, 2.75) is 19.4 Å². The summed E-state index contributed by atoms with van der Waals surface area (Å²) in [5.41, 5.74) is 6.42. The summed E-state index contributed by atoms with van der Waals surface area (Å²) in [6, 6.07) is 7.79. The number of likely N-dealkylation sites (tertiary alicyclic amines) is 1. The van der Waals surface area contributed by atoms with Crippen LogP contribution in [0.3, 0.4) is 0 Å². The fraction of sp³-hybridized carbons (Fsp3) is 0.533. The summed E-state index contributed by atoms with van der Waals surface area (Å²) in [4.78, 5) is 2.67. The van der Waals surface area contributed by atoms with Gasteiger partial charge >= 0.3 is 0 Å². The monoisotopic (exact) mass is 294 g/mol. The van der Waals surface area contributed by atoms with E-state index in [-0.39, 0.29) is 12.6 Å².